The van der Waals surface area contributed by atoms with Crippen molar-refractivity contribution in [3.05, 3.63) is 28.8 Å². The molecule has 0 saturated carbocycles. The van der Waals surface area contributed by atoms with E-state index in [1.165, 1.54) is 0 Å². The van der Waals surface area contributed by atoms with E-state index < -0.39 is 6.10 Å². The average molecular weight is 323 g/mol. The Morgan fingerprint density at radius 3 is 2.95 bits per heavy atom. The first kappa shape index (κ1) is 15.6. The molecule has 0 aliphatic carbocycles. The molecule has 2 aliphatic heterocycles. The quantitative estimate of drug-likeness (QED) is 0.930. The first-order valence-electron chi connectivity index (χ1n) is 8.02. The molecule has 1 amide bonds. The molecule has 1 aromatic carbocycles. The molecule has 22 heavy (non-hydrogen) atoms. The third kappa shape index (κ3) is 3.08. The maximum Gasteiger partial charge on any atom is 0.263 e. The van der Waals surface area contributed by atoms with E-state index in [9.17, 15) is 4.79 Å². The summed E-state index contributed by atoms with van der Waals surface area (Å²) in [6, 6.07) is 6.28. The lowest BCUT2D eigenvalue weighted by Crippen LogP contribution is -2.48. The number of rotatable bonds is 3. The van der Waals surface area contributed by atoms with Crippen LogP contribution in [-0.4, -0.2) is 42.1 Å². The molecule has 0 radical (unpaired) electrons. The van der Waals surface area contributed by atoms with E-state index in [1.54, 1.807) is 0 Å². The number of hydrogen-bond donors (Lipinski definition) is 1. The van der Waals surface area contributed by atoms with Crippen LogP contribution in [0.4, 0.5) is 0 Å². The number of hydrogen-bond acceptors (Lipinski definition) is 3. The van der Waals surface area contributed by atoms with Crippen molar-refractivity contribution < 1.29 is 9.53 Å². The lowest BCUT2D eigenvalue weighted by molar-refractivity contribution is -0.140. The average Bonchev–Trinajstić information content (AvgIpc) is 2.75. The second-order valence-corrected chi connectivity index (χ2v) is 6.72. The summed E-state index contributed by atoms with van der Waals surface area (Å²) in [5.74, 6) is 0.664. The molecule has 5 heteroatoms. The van der Waals surface area contributed by atoms with Crippen LogP contribution in [0.15, 0.2) is 18.2 Å². The van der Waals surface area contributed by atoms with Gasteiger partial charge in [0.15, 0.2) is 6.10 Å². The van der Waals surface area contributed by atoms with Gasteiger partial charge in [-0.3, -0.25) is 4.79 Å². The number of aryl methyl sites for hydroxylation is 1. The van der Waals surface area contributed by atoms with Crippen LogP contribution in [0.3, 0.4) is 0 Å². The van der Waals surface area contributed by atoms with Crippen LogP contribution in [0.1, 0.15) is 31.7 Å². The van der Waals surface area contributed by atoms with Crippen molar-refractivity contribution in [3.63, 3.8) is 0 Å². The molecule has 2 aliphatic rings. The molecule has 2 bridgehead atoms. The second-order valence-electron chi connectivity index (χ2n) is 6.32. The van der Waals surface area contributed by atoms with Crippen LogP contribution in [0.5, 0.6) is 5.75 Å². The third-order valence-corrected chi connectivity index (χ3v) is 4.96. The molecular weight excluding hydrogens is 300 g/mol. The van der Waals surface area contributed by atoms with Crippen LogP contribution in [0, 0.1) is 6.92 Å². The summed E-state index contributed by atoms with van der Waals surface area (Å²) in [4.78, 5) is 14.9. The number of benzene rings is 1. The standard InChI is InChI=1S/C17H23ClN2O2/c1-11-3-6-15(18)16(9-11)22-12(2)17(21)20-13-4-5-14(20)10-19-8-7-13/h3,6,9,12-14,19H,4-5,7-8,10H2,1-2H3. The topological polar surface area (TPSA) is 41.6 Å². The van der Waals surface area contributed by atoms with Crippen LogP contribution >= 0.6 is 11.6 Å². The summed E-state index contributed by atoms with van der Waals surface area (Å²) < 4.78 is 5.86. The number of carbonyl (C=O) groups is 1. The van der Waals surface area contributed by atoms with Crippen molar-refractivity contribution in [3.8, 4) is 5.75 Å². The number of halogens is 1. The first-order valence-corrected chi connectivity index (χ1v) is 8.40. The minimum absolute atomic E-state index is 0.0776. The first-order chi connectivity index (χ1) is 10.6. The van der Waals surface area contributed by atoms with Gasteiger partial charge in [0.25, 0.3) is 5.91 Å². The van der Waals surface area contributed by atoms with Crippen molar-refractivity contribution in [2.75, 3.05) is 13.1 Å². The van der Waals surface area contributed by atoms with Crippen LogP contribution < -0.4 is 10.1 Å². The smallest absolute Gasteiger partial charge is 0.263 e. The lowest BCUT2D eigenvalue weighted by atomic mass is 10.1. The number of ether oxygens (including phenoxy) is 1. The monoisotopic (exact) mass is 322 g/mol. The highest BCUT2D eigenvalue weighted by molar-refractivity contribution is 6.32. The molecule has 1 aromatic rings. The summed E-state index contributed by atoms with van der Waals surface area (Å²) in [6.07, 6.45) is 2.71. The number of nitrogens with one attached hydrogen (secondary N) is 1. The van der Waals surface area contributed by atoms with Gasteiger partial charge in [-0.2, -0.15) is 0 Å². The minimum Gasteiger partial charge on any atom is -0.479 e. The van der Waals surface area contributed by atoms with E-state index in [0.717, 1.165) is 37.9 Å². The molecule has 0 aromatic heterocycles. The third-order valence-electron chi connectivity index (χ3n) is 4.65. The molecule has 2 saturated heterocycles. The zero-order valence-corrected chi connectivity index (χ0v) is 13.9. The highest BCUT2D eigenvalue weighted by Gasteiger charge is 2.40. The van der Waals surface area contributed by atoms with Gasteiger partial charge in [0.05, 0.1) is 5.02 Å². The van der Waals surface area contributed by atoms with E-state index in [1.807, 2.05) is 36.9 Å². The lowest BCUT2D eigenvalue weighted by Gasteiger charge is -2.30. The van der Waals surface area contributed by atoms with Gasteiger partial charge in [-0.25, -0.2) is 0 Å². The van der Waals surface area contributed by atoms with Crippen molar-refractivity contribution in [1.29, 1.82) is 0 Å². The Morgan fingerprint density at radius 1 is 1.36 bits per heavy atom. The van der Waals surface area contributed by atoms with Gasteiger partial charge in [-0.1, -0.05) is 17.7 Å². The van der Waals surface area contributed by atoms with E-state index in [-0.39, 0.29) is 5.91 Å². The van der Waals surface area contributed by atoms with Gasteiger partial charge in [-0.05, 0) is 57.4 Å². The number of carbonyl (C=O) groups excluding carboxylic acids is 1. The molecule has 3 atom stereocenters. The summed E-state index contributed by atoms with van der Waals surface area (Å²) in [5.41, 5.74) is 1.07. The molecule has 0 spiro atoms. The Labute approximate surface area is 136 Å². The van der Waals surface area contributed by atoms with Crippen molar-refractivity contribution in [1.82, 2.24) is 10.2 Å². The van der Waals surface area contributed by atoms with Crippen LogP contribution in [0.25, 0.3) is 0 Å². The van der Waals surface area contributed by atoms with Crippen molar-refractivity contribution in [2.45, 2.75) is 51.3 Å². The number of nitrogens with zero attached hydrogens (tertiary/aromatic N) is 1. The SMILES string of the molecule is Cc1ccc(Cl)c(OC(C)C(=O)N2C3CCNCC2CC3)c1. The Bertz CT molecular complexity index is 550. The predicted molar refractivity (Wildman–Crippen MR) is 87.4 cm³/mol. The fourth-order valence-corrected chi connectivity index (χ4v) is 3.66. The molecule has 4 nitrogen and oxygen atoms in total. The van der Waals surface area contributed by atoms with Crippen molar-refractivity contribution >= 4 is 17.5 Å². The van der Waals surface area contributed by atoms with Gasteiger partial charge in [0.2, 0.25) is 0 Å². The molecule has 1 N–H and O–H groups in total. The summed E-state index contributed by atoms with van der Waals surface area (Å²) in [6.45, 7) is 5.68. The fourth-order valence-electron chi connectivity index (χ4n) is 3.49. The van der Waals surface area contributed by atoms with E-state index >= 15 is 0 Å². The number of fused-ring (bicyclic) bond motifs is 2. The summed E-state index contributed by atoms with van der Waals surface area (Å²) in [5, 5.41) is 3.96. The molecule has 3 unspecified atom stereocenters. The van der Waals surface area contributed by atoms with Crippen molar-refractivity contribution in [2.24, 2.45) is 0 Å². The zero-order chi connectivity index (χ0) is 15.7. The van der Waals surface area contributed by atoms with E-state index in [4.69, 9.17) is 16.3 Å². The number of amides is 1. The molecule has 2 fully saturated rings. The Morgan fingerprint density at radius 2 is 2.14 bits per heavy atom. The maximum absolute atomic E-state index is 12.8. The van der Waals surface area contributed by atoms with Crippen LogP contribution in [0.2, 0.25) is 5.02 Å². The Kier molecular flexibility index (Phi) is 4.59. The Hall–Kier alpha value is -1.26. The van der Waals surface area contributed by atoms with Gasteiger partial charge in [-0.15, -0.1) is 0 Å². The summed E-state index contributed by atoms with van der Waals surface area (Å²) in [7, 11) is 0. The minimum atomic E-state index is -0.513. The fraction of sp³-hybridized carbons (Fsp3) is 0.588. The molecule has 3 rings (SSSR count). The zero-order valence-electron chi connectivity index (χ0n) is 13.1. The van der Waals surface area contributed by atoms with Gasteiger partial charge >= 0.3 is 0 Å². The van der Waals surface area contributed by atoms with E-state index in [2.05, 4.69) is 5.32 Å². The highest BCUT2D eigenvalue weighted by atomic mass is 35.5. The van der Waals surface area contributed by atoms with Crippen LogP contribution in [-0.2, 0) is 4.79 Å². The Balaban J connectivity index is 1.73. The molecule has 2 heterocycles. The highest BCUT2D eigenvalue weighted by Crippen LogP contribution is 2.30. The largest absolute Gasteiger partial charge is 0.479 e. The molecular formula is C17H23ClN2O2. The second kappa shape index (κ2) is 6.47. The normalized spacial score (nSPS) is 25.7. The predicted octanol–water partition coefficient (Wildman–Crippen LogP) is 2.77. The van der Waals surface area contributed by atoms with Gasteiger partial charge in [0, 0.05) is 18.6 Å². The van der Waals surface area contributed by atoms with Gasteiger partial charge in [0.1, 0.15) is 5.75 Å². The maximum atomic E-state index is 12.8. The van der Waals surface area contributed by atoms with E-state index in [0.29, 0.717) is 22.9 Å². The molecule has 120 valence electrons. The summed E-state index contributed by atoms with van der Waals surface area (Å²) >= 11 is 6.17. The van der Waals surface area contributed by atoms with Gasteiger partial charge < -0.3 is 15.0 Å².